The lowest BCUT2D eigenvalue weighted by atomic mass is 10.1. The van der Waals surface area contributed by atoms with E-state index in [1.165, 1.54) is 12.8 Å². The number of hydrogen-bond donors (Lipinski definition) is 2. The third kappa shape index (κ3) is 4.28. The summed E-state index contributed by atoms with van der Waals surface area (Å²) < 4.78 is 28.6. The van der Waals surface area contributed by atoms with Crippen molar-refractivity contribution in [2.45, 2.75) is 25.8 Å². The maximum Gasteiger partial charge on any atom is 0.276 e. The van der Waals surface area contributed by atoms with Crippen molar-refractivity contribution >= 4 is 10.2 Å². The Morgan fingerprint density at radius 1 is 1.15 bits per heavy atom. The van der Waals surface area contributed by atoms with Gasteiger partial charge in [-0.05, 0) is 31.5 Å². The first-order valence-corrected chi connectivity index (χ1v) is 8.64. The maximum atomic E-state index is 11.7. The zero-order chi connectivity index (χ0) is 14.4. The molecule has 1 saturated heterocycles. The Bertz CT molecular complexity index is 498. The summed E-state index contributed by atoms with van der Waals surface area (Å²) in [7, 11) is -3.39. The van der Waals surface area contributed by atoms with E-state index in [1.54, 1.807) is 6.92 Å². The number of nitrogens with one attached hydrogen (secondary N) is 2. The quantitative estimate of drug-likeness (QED) is 0.797. The average Bonchev–Trinajstić information content (AvgIpc) is 2.94. The van der Waals surface area contributed by atoms with Gasteiger partial charge in [-0.25, -0.2) is 9.44 Å². The molecular formula is C14H23N3O2S. The molecule has 1 unspecified atom stereocenters. The molecule has 0 aliphatic carbocycles. The summed E-state index contributed by atoms with van der Waals surface area (Å²) in [6.07, 6.45) is 2.37. The summed E-state index contributed by atoms with van der Waals surface area (Å²) in [5.74, 6) is 0. The van der Waals surface area contributed by atoms with Gasteiger partial charge >= 0.3 is 0 Å². The predicted molar refractivity (Wildman–Crippen MR) is 80.6 cm³/mol. The van der Waals surface area contributed by atoms with Gasteiger partial charge in [0.05, 0.1) is 0 Å². The Hall–Kier alpha value is -0.950. The van der Waals surface area contributed by atoms with Gasteiger partial charge in [0, 0.05) is 19.1 Å². The minimum Gasteiger partial charge on any atom is -0.295 e. The molecule has 1 aliphatic rings. The fourth-order valence-corrected chi connectivity index (χ4v) is 3.48. The van der Waals surface area contributed by atoms with Crippen LogP contribution in [0, 0.1) is 0 Å². The molecular weight excluding hydrogens is 274 g/mol. The van der Waals surface area contributed by atoms with Crippen LogP contribution in [0.4, 0.5) is 0 Å². The standard InChI is InChI=1S/C14H23N3O2S/c1-2-15-20(18,19)16-12-14(17-10-6-7-11-17)13-8-4-3-5-9-13/h3-5,8-9,14-16H,2,6-7,10-12H2,1H3. The van der Waals surface area contributed by atoms with Crippen molar-refractivity contribution in [3.8, 4) is 0 Å². The van der Waals surface area contributed by atoms with Crippen LogP contribution in [0.1, 0.15) is 31.4 Å². The maximum absolute atomic E-state index is 11.7. The molecule has 1 aliphatic heterocycles. The van der Waals surface area contributed by atoms with Gasteiger partial charge in [0.2, 0.25) is 0 Å². The lowest BCUT2D eigenvalue weighted by molar-refractivity contribution is 0.246. The van der Waals surface area contributed by atoms with E-state index < -0.39 is 10.2 Å². The Morgan fingerprint density at radius 3 is 2.40 bits per heavy atom. The van der Waals surface area contributed by atoms with Crippen LogP contribution in [0.3, 0.4) is 0 Å². The van der Waals surface area contributed by atoms with Gasteiger partial charge in [0.1, 0.15) is 0 Å². The summed E-state index contributed by atoms with van der Waals surface area (Å²) in [4.78, 5) is 2.35. The first kappa shape index (κ1) is 15.4. The minimum atomic E-state index is -3.39. The smallest absolute Gasteiger partial charge is 0.276 e. The molecule has 0 bridgehead atoms. The highest BCUT2D eigenvalue weighted by molar-refractivity contribution is 7.87. The van der Waals surface area contributed by atoms with Crippen LogP contribution in [0.5, 0.6) is 0 Å². The Morgan fingerprint density at radius 2 is 1.80 bits per heavy atom. The van der Waals surface area contributed by atoms with Crippen LogP contribution in [0.25, 0.3) is 0 Å². The molecule has 5 nitrogen and oxygen atoms in total. The van der Waals surface area contributed by atoms with Crippen molar-refractivity contribution < 1.29 is 8.42 Å². The largest absolute Gasteiger partial charge is 0.295 e. The average molecular weight is 297 g/mol. The van der Waals surface area contributed by atoms with E-state index in [1.807, 2.05) is 18.2 Å². The molecule has 112 valence electrons. The highest BCUT2D eigenvalue weighted by atomic mass is 32.2. The minimum absolute atomic E-state index is 0.104. The van der Waals surface area contributed by atoms with Crippen molar-refractivity contribution in [3.05, 3.63) is 35.9 Å². The van der Waals surface area contributed by atoms with Gasteiger partial charge in [0.25, 0.3) is 10.2 Å². The second-order valence-corrected chi connectivity index (χ2v) is 6.60. The lowest BCUT2D eigenvalue weighted by Crippen LogP contribution is -2.42. The van der Waals surface area contributed by atoms with Gasteiger partial charge < -0.3 is 0 Å². The SMILES string of the molecule is CCNS(=O)(=O)NCC(c1ccccc1)N1CCCC1. The molecule has 1 aromatic rings. The van der Waals surface area contributed by atoms with E-state index in [0.717, 1.165) is 18.7 Å². The van der Waals surface area contributed by atoms with Gasteiger partial charge in [-0.3, -0.25) is 4.90 Å². The molecule has 2 rings (SSSR count). The van der Waals surface area contributed by atoms with E-state index in [0.29, 0.717) is 13.1 Å². The number of hydrogen-bond acceptors (Lipinski definition) is 3. The Labute approximate surface area is 121 Å². The predicted octanol–water partition coefficient (Wildman–Crippen LogP) is 1.27. The zero-order valence-electron chi connectivity index (χ0n) is 11.9. The van der Waals surface area contributed by atoms with Crippen molar-refractivity contribution in [1.82, 2.24) is 14.3 Å². The molecule has 20 heavy (non-hydrogen) atoms. The fraction of sp³-hybridized carbons (Fsp3) is 0.571. The monoisotopic (exact) mass is 297 g/mol. The van der Waals surface area contributed by atoms with Crippen molar-refractivity contribution in [1.29, 1.82) is 0 Å². The van der Waals surface area contributed by atoms with Gasteiger partial charge in [-0.15, -0.1) is 0 Å². The van der Waals surface area contributed by atoms with Crippen molar-refractivity contribution in [2.75, 3.05) is 26.2 Å². The van der Waals surface area contributed by atoms with Gasteiger partial charge in [0.15, 0.2) is 0 Å². The molecule has 0 spiro atoms. The third-order valence-electron chi connectivity index (χ3n) is 3.57. The molecule has 1 heterocycles. The molecule has 1 aromatic carbocycles. The van der Waals surface area contributed by atoms with Crippen molar-refractivity contribution in [3.63, 3.8) is 0 Å². The molecule has 0 amide bonds. The van der Waals surface area contributed by atoms with E-state index >= 15 is 0 Å². The topological polar surface area (TPSA) is 61.4 Å². The molecule has 1 fully saturated rings. The van der Waals surface area contributed by atoms with Gasteiger partial charge in [-0.2, -0.15) is 8.42 Å². The molecule has 6 heteroatoms. The Balaban J connectivity index is 2.07. The zero-order valence-corrected chi connectivity index (χ0v) is 12.7. The second kappa shape index (κ2) is 7.17. The summed E-state index contributed by atoms with van der Waals surface area (Å²) in [6.45, 7) is 4.63. The summed E-state index contributed by atoms with van der Waals surface area (Å²) >= 11 is 0. The number of benzene rings is 1. The summed E-state index contributed by atoms with van der Waals surface area (Å²) in [6, 6.07) is 10.2. The van der Waals surface area contributed by atoms with Crippen LogP contribution in [-0.2, 0) is 10.2 Å². The van der Waals surface area contributed by atoms with Crippen LogP contribution in [0.15, 0.2) is 30.3 Å². The van der Waals surface area contributed by atoms with E-state index in [2.05, 4.69) is 26.5 Å². The Kier molecular flexibility index (Phi) is 5.54. The highest BCUT2D eigenvalue weighted by Crippen LogP contribution is 2.24. The molecule has 2 N–H and O–H groups in total. The van der Waals surface area contributed by atoms with Gasteiger partial charge in [-0.1, -0.05) is 37.3 Å². The normalized spacial score (nSPS) is 18.2. The third-order valence-corrected chi connectivity index (χ3v) is 4.78. The first-order valence-electron chi connectivity index (χ1n) is 7.15. The highest BCUT2D eigenvalue weighted by Gasteiger charge is 2.24. The lowest BCUT2D eigenvalue weighted by Gasteiger charge is -2.28. The van der Waals surface area contributed by atoms with Crippen LogP contribution < -0.4 is 9.44 Å². The molecule has 0 saturated carbocycles. The fourth-order valence-electron chi connectivity index (χ4n) is 2.62. The number of rotatable bonds is 7. The van der Waals surface area contributed by atoms with E-state index in [4.69, 9.17) is 0 Å². The van der Waals surface area contributed by atoms with Crippen LogP contribution >= 0.6 is 0 Å². The molecule has 0 radical (unpaired) electrons. The number of nitrogens with zero attached hydrogens (tertiary/aromatic N) is 1. The summed E-state index contributed by atoms with van der Waals surface area (Å²) in [5.41, 5.74) is 1.16. The molecule has 0 aromatic heterocycles. The first-order chi connectivity index (χ1) is 9.62. The van der Waals surface area contributed by atoms with E-state index in [9.17, 15) is 8.42 Å². The second-order valence-electron chi connectivity index (χ2n) is 5.02. The van der Waals surface area contributed by atoms with E-state index in [-0.39, 0.29) is 6.04 Å². The molecule has 1 atom stereocenters. The van der Waals surface area contributed by atoms with Crippen molar-refractivity contribution in [2.24, 2.45) is 0 Å². The van der Waals surface area contributed by atoms with Crippen LogP contribution in [0.2, 0.25) is 0 Å². The van der Waals surface area contributed by atoms with Crippen LogP contribution in [-0.4, -0.2) is 39.5 Å². The summed E-state index contributed by atoms with van der Waals surface area (Å²) in [5, 5.41) is 0. The number of likely N-dealkylation sites (tertiary alicyclic amines) is 1.